The van der Waals surface area contributed by atoms with Gasteiger partial charge in [-0.15, -0.1) is 0 Å². The number of carbonyl (C=O) groups is 2. The molecule has 188 valence electrons. The number of amides is 2. The van der Waals surface area contributed by atoms with Crippen LogP contribution in [0.25, 0.3) is 0 Å². The number of ether oxygens (including phenoxy) is 2. The van der Waals surface area contributed by atoms with E-state index in [4.69, 9.17) is 44.3 Å². The Morgan fingerprint density at radius 3 is 2.33 bits per heavy atom. The third kappa shape index (κ3) is 5.56. The smallest absolute Gasteiger partial charge is 0.254 e. The molecule has 2 amide bonds. The summed E-state index contributed by atoms with van der Waals surface area (Å²) in [6.45, 7) is 0.830. The molecule has 0 saturated carbocycles. The van der Waals surface area contributed by atoms with Crippen molar-refractivity contribution in [2.24, 2.45) is 0 Å². The zero-order valence-corrected chi connectivity index (χ0v) is 22.0. The van der Waals surface area contributed by atoms with Crippen LogP contribution in [0.2, 0.25) is 15.1 Å². The number of hydrogen-bond acceptors (Lipinski definition) is 4. The monoisotopic (exact) mass is 546 g/mol. The lowest BCUT2D eigenvalue weighted by atomic mass is 9.85. The van der Waals surface area contributed by atoms with Crippen LogP contribution in [-0.2, 0) is 0 Å². The highest BCUT2D eigenvalue weighted by molar-refractivity contribution is 6.42. The van der Waals surface area contributed by atoms with Crippen LogP contribution < -0.4 is 14.8 Å². The molecule has 0 unspecified atom stereocenters. The average molecular weight is 548 g/mol. The summed E-state index contributed by atoms with van der Waals surface area (Å²) < 4.78 is 10.6. The number of likely N-dealkylation sites (tertiary alicyclic amines) is 1. The van der Waals surface area contributed by atoms with Gasteiger partial charge in [-0.2, -0.15) is 0 Å². The Labute approximate surface area is 225 Å². The normalized spacial score (nSPS) is 17.4. The SMILES string of the molecule is COc1ccc(C(=O)N2CC[C@@H](NC(=O)c3ccccc3Cl)[C@H](c3ccc(Cl)c(Cl)c3)C2)cc1OC. The molecule has 1 saturated heterocycles. The average Bonchev–Trinajstić information content (AvgIpc) is 2.89. The molecule has 1 aliphatic heterocycles. The molecular formula is C27H25Cl3N2O4. The molecule has 1 heterocycles. The van der Waals surface area contributed by atoms with Crippen molar-refractivity contribution in [2.45, 2.75) is 18.4 Å². The minimum Gasteiger partial charge on any atom is -0.493 e. The number of hydrogen-bond donors (Lipinski definition) is 1. The molecule has 0 radical (unpaired) electrons. The second-order valence-corrected chi connectivity index (χ2v) is 9.67. The van der Waals surface area contributed by atoms with Crippen molar-refractivity contribution in [3.63, 3.8) is 0 Å². The molecule has 9 heteroatoms. The van der Waals surface area contributed by atoms with Crippen LogP contribution in [0.4, 0.5) is 0 Å². The lowest BCUT2D eigenvalue weighted by molar-refractivity contribution is 0.0671. The highest BCUT2D eigenvalue weighted by Gasteiger charge is 2.34. The van der Waals surface area contributed by atoms with Crippen molar-refractivity contribution in [1.82, 2.24) is 10.2 Å². The van der Waals surface area contributed by atoms with Gasteiger partial charge in [0.1, 0.15) is 0 Å². The molecule has 1 N–H and O–H groups in total. The Kier molecular flexibility index (Phi) is 8.29. The minimum absolute atomic E-state index is 0.142. The van der Waals surface area contributed by atoms with E-state index < -0.39 is 0 Å². The van der Waals surface area contributed by atoms with Gasteiger partial charge in [0, 0.05) is 30.6 Å². The zero-order valence-electron chi connectivity index (χ0n) is 19.8. The van der Waals surface area contributed by atoms with Gasteiger partial charge in [-0.3, -0.25) is 9.59 Å². The number of nitrogens with zero attached hydrogens (tertiary/aromatic N) is 1. The van der Waals surface area contributed by atoms with E-state index in [1.165, 1.54) is 7.11 Å². The highest BCUT2D eigenvalue weighted by atomic mass is 35.5. The molecule has 3 aromatic rings. The lowest BCUT2D eigenvalue weighted by Gasteiger charge is -2.39. The first-order valence-corrected chi connectivity index (χ1v) is 12.5. The van der Waals surface area contributed by atoms with Crippen LogP contribution in [0, 0.1) is 0 Å². The maximum atomic E-state index is 13.4. The van der Waals surface area contributed by atoms with Crippen LogP contribution >= 0.6 is 34.8 Å². The molecule has 1 aliphatic rings. The summed E-state index contributed by atoms with van der Waals surface area (Å²) in [4.78, 5) is 28.3. The molecular weight excluding hydrogens is 523 g/mol. The third-order valence-electron chi connectivity index (χ3n) is 6.34. The summed E-state index contributed by atoms with van der Waals surface area (Å²) >= 11 is 18.7. The van der Waals surface area contributed by atoms with Crippen LogP contribution in [-0.4, -0.2) is 50.1 Å². The van der Waals surface area contributed by atoms with Gasteiger partial charge in [0.2, 0.25) is 0 Å². The third-order valence-corrected chi connectivity index (χ3v) is 7.41. The van der Waals surface area contributed by atoms with Crippen LogP contribution in [0.5, 0.6) is 11.5 Å². The van der Waals surface area contributed by atoms with E-state index in [9.17, 15) is 9.59 Å². The second-order valence-electron chi connectivity index (χ2n) is 8.45. The number of methoxy groups -OCH3 is 2. The highest BCUT2D eigenvalue weighted by Crippen LogP contribution is 2.34. The van der Waals surface area contributed by atoms with E-state index in [0.29, 0.717) is 57.2 Å². The zero-order chi connectivity index (χ0) is 25.8. The van der Waals surface area contributed by atoms with Crippen molar-refractivity contribution in [1.29, 1.82) is 0 Å². The molecule has 0 bridgehead atoms. The van der Waals surface area contributed by atoms with E-state index in [2.05, 4.69) is 5.32 Å². The van der Waals surface area contributed by atoms with Crippen LogP contribution in [0.1, 0.15) is 38.6 Å². The summed E-state index contributed by atoms with van der Waals surface area (Å²) in [5.74, 6) is 0.395. The largest absolute Gasteiger partial charge is 0.493 e. The predicted octanol–water partition coefficient (Wildman–Crippen LogP) is 6.09. The van der Waals surface area contributed by atoms with Crippen LogP contribution in [0.3, 0.4) is 0 Å². The molecule has 4 rings (SSSR count). The lowest BCUT2D eigenvalue weighted by Crippen LogP contribution is -2.51. The van der Waals surface area contributed by atoms with E-state index in [1.54, 1.807) is 66.6 Å². The molecule has 6 nitrogen and oxygen atoms in total. The number of nitrogens with one attached hydrogen (secondary N) is 1. The first-order valence-electron chi connectivity index (χ1n) is 11.3. The Morgan fingerprint density at radius 1 is 0.889 bits per heavy atom. The van der Waals surface area contributed by atoms with Crippen molar-refractivity contribution in [2.75, 3.05) is 27.3 Å². The summed E-state index contributed by atoms with van der Waals surface area (Å²) in [5, 5.41) is 4.34. The van der Waals surface area contributed by atoms with Crippen molar-refractivity contribution >= 4 is 46.6 Å². The summed E-state index contributed by atoms with van der Waals surface area (Å²) in [7, 11) is 3.07. The van der Waals surface area contributed by atoms with Gasteiger partial charge in [0.05, 0.1) is 34.9 Å². The molecule has 3 aromatic carbocycles. The molecule has 0 aliphatic carbocycles. The molecule has 2 atom stereocenters. The Morgan fingerprint density at radius 2 is 1.64 bits per heavy atom. The fourth-order valence-electron chi connectivity index (χ4n) is 4.43. The number of piperidine rings is 1. The molecule has 0 spiro atoms. The van der Waals surface area contributed by atoms with Gasteiger partial charge in [-0.1, -0.05) is 53.0 Å². The van der Waals surface area contributed by atoms with Crippen molar-refractivity contribution in [3.8, 4) is 11.5 Å². The Bertz CT molecular complexity index is 1280. The predicted molar refractivity (Wildman–Crippen MR) is 142 cm³/mol. The quantitative estimate of drug-likeness (QED) is 0.405. The van der Waals surface area contributed by atoms with E-state index in [-0.39, 0.29) is 23.8 Å². The maximum absolute atomic E-state index is 13.4. The fourth-order valence-corrected chi connectivity index (χ4v) is 4.96. The van der Waals surface area contributed by atoms with E-state index in [0.717, 1.165) is 5.56 Å². The summed E-state index contributed by atoms with van der Waals surface area (Å²) in [6.07, 6.45) is 0.542. The summed E-state index contributed by atoms with van der Waals surface area (Å²) in [5.41, 5.74) is 1.76. The Hall–Kier alpha value is -2.93. The first kappa shape index (κ1) is 26.1. The fraction of sp³-hybridized carbons (Fsp3) is 0.259. The molecule has 1 fully saturated rings. The number of halogens is 3. The van der Waals surface area contributed by atoms with Crippen molar-refractivity contribution in [3.05, 3.63) is 92.4 Å². The molecule has 36 heavy (non-hydrogen) atoms. The number of rotatable bonds is 6. The standard InChI is InChI=1S/C27H25Cl3N2O4/c1-35-24-10-8-17(14-25(24)36-2)27(34)32-12-11-23(31-26(33)18-5-3-4-6-20(18)28)19(15-32)16-7-9-21(29)22(30)13-16/h3-10,13-14,19,23H,11-12,15H2,1-2H3,(H,31,33)/t19-,23+/m0/s1. The maximum Gasteiger partial charge on any atom is 0.254 e. The van der Waals surface area contributed by atoms with Gasteiger partial charge in [0.25, 0.3) is 11.8 Å². The topological polar surface area (TPSA) is 67.9 Å². The van der Waals surface area contributed by atoms with Gasteiger partial charge in [-0.25, -0.2) is 0 Å². The van der Waals surface area contributed by atoms with E-state index in [1.807, 2.05) is 6.07 Å². The second kappa shape index (κ2) is 11.4. The van der Waals surface area contributed by atoms with Gasteiger partial charge in [0.15, 0.2) is 11.5 Å². The van der Waals surface area contributed by atoms with Crippen LogP contribution in [0.15, 0.2) is 60.7 Å². The Balaban J connectivity index is 1.61. The summed E-state index contributed by atoms with van der Waals surface area (Å²) in [6, 6.07) is 17.1. The van der Waals surface area contributed by atoms with Gasteiger partial charge in [-0.05, 0) is 54.4 Å². The number of carbonyl (C=O) groups excluding carboxylic acids is 2. The number of benzene rings is 3. The van der Waals surface area contributed by atoms with Gasteiger partial charge >= 0.3 is 0 Å². The van der Waals surface area contributed by atoms with E-state index >= 15 is 0 Å². The molecule has 0 aromatic heterocycles. The minimum atomic E-state index is -0.268. The van der Waals surface area contributed by atoms with Crippen molar-refractivity contribution < 1.29 is 19.1 Å². The van der Waals surface area contributed by atoms with Gasteiger partial charge < -0.3 is 19.7 Å². The first-order chi connectivity index (χ1) is 17.3.